The molecule has 5 rings (SSSR count). The lowest BCUT2D eigenvalue weighted by molar-refractivity contribution is 0.0701. The molecule has 0 bridgehead atoms. The highest BCUT2D eigenvalue weighted by molar-refractivity contribution is 7.89. The van der Waals surface area contributed by atoms with Crippen LogP contribution in [0.15, 0.2) is 47.4 Å². The zero-order valence-electron chi connectivity index (χ0n) is 20.1. The summed E-state index contributed by atoms with van der Waals surface area (Å²) in [5.74, 6) is 1.15. The Kier molecular flexibility index (Phi) is 6.80. The Bertz CT molecular complexity index is 1280. The molecule has 2 fully saturated rings. The summed E-state index contributed by atoms with van der Waals surface area (Å²) in [6.45, 7) is 2.17. The second kappa shape index (κ2) is 9.99. The van der Waals surface area contributed by atoms with E-state index in [-0.39, 0.29) is 22.3 Å². The van der Waals surface area contributed by atoms with Crippen molar-refractivity contribution >= 4 is 27.0 Å². The van der Waals surface area contributed by atoms with Gasteiger partial charge in [0.25, 0.3) is 5.91 Å². The Hall–Kier alpha value is -2.91. The molecule has 0 unspecified atom stereocenters. The van der Waals surface area contributed by atoms with E-state index in [9.17, 15) is 13.2 Å². The molecular formula is C26H32N4O4S. The molecule has 0 spiro atoms. The average molecular weight is 497 g/mol. The van der Waals surface area contributed by atoms with Gasteiger partial charge >= 0.3 is 0 Å². The maximum atomic E-state index is 13.6. The van der Waals surface area contributed by atoms with Crippen LogP contribution < -0.4 is 4.74 Å². The van der Waals surface area contributed by atoms with Crippen molar-refractivity contribution in [3.63, 3.8) is 0 Å². The standard InChI is InChI=1S/C26H32N4O4S/c1-34-24-13-12-20(35(32,33)30-15-6-2-3-7-16-30)17-21(24)26(31)29-14-8-9-19(18-29)25-27-22-10-4-5-11-23(22)28-25/h4-5,10-13,17,19H,2-3,6-9,14-16,18H2,1H3,(H,27,28)/t19-/m0/s1. The van der Waals surface area contributed by atoms with Crippen molar-refractivity contribution in [1.29, 1.82) is 0 Å². The van der Waals surface area contributed by atoms with E-state index in [1.54, 1.807) is 21.3 Å². The topological polar surface area (TPSA) is 95.6 Å². The fraction of sp³-hybridized carbons (Fsp3) is 0.462. The number of methoxy groups -OCH3 is 1. The van der Waals surface area contributed by atoms with Gasteiger partial charge in [0, 0.05) is 32.1 Å². The van der Waals surface area contributed by atoms with Gasteiger partial charge in [-0.1, -0.05) is 25.0 Å². The van der Waals surface area contributed by atoms with Crippen molar-refractivity contribution < 1.29 is 17.9 Å². The van der Waals surface area contributed by atoms with Crippen LogP contribution in [0.25, 0.3) is 11.0 Å². The predicted molar refractivity (Wildman–Crippen MR) is 134 cm³/mol. The SMILES string of the molecule is COc1ccc(S(=O)(=O)N2CCCCCC2)cc1C(=O)N1CCC[C@H](c2nc3ccccc3[nH]2)C1. The molecule has 2 aliphatic heterocycles. The normalized spacial score (nSPS) is 20.0. The van der Waals surface area contributed by atoms with Crippen molar-refractivity contribution in [3.8, 4) is 5.75 Å². The van der Waals surface area contributed by atoms with E-state index in [2.05, 4.69) is 4.98 Å². The minimum absolute atomic E-state index is 0.0927. The highest BCUT2D eigenvalue weighted by Gasteiger charge is 2.31. The number of carbonyl (C=O) groups excluding carboxylic acids is 1. The minimum Gasteiger partial charge on any atom is -0.496 e. The van der Waals surface area contributed by atoms with Gasteiger partial charge in [-0.2, -0.15) is 4.31 Å². The average Bonchev–Trinajstić information content (AvgIpc) is 3.13. The molecule has 186 valence electrons. The van der Waals surface area contributed by atoms with Gasteiger partial charge in [0.05, 0.1) is 28.6 Å². The molecule has 8 nitrogen and oxygen atoms in total. The number of fused-ring (bicyclic) bond motifs is 1. The fourth-order valence-electron chi connectivity index (χ4n) is 5.17. The van der Waals surface area contributed by atoms with E-state index in [0.29, 0.717) is 31.9 Å². The number of amides is 1. The summed E-state index contributed by atoms with van der Waals surface area (Å²) >= 11 is 0. The first-order valence-electron chi connectivity index (χ1n) is 12.4. The van der Waals surface area contributed by atoms with Crippen molar-refractivity contribution in [1.82, 2.24) is 19.2 Å². The molecule has 3 aromatic rings. The quantitative estimate of drug-likeness (QED) is 0.572. The van der Waals surface area contributed by atoms with Crippen molar-refractivity contribution in [2.75, 3.05) is 33.3 Å². The third kappa shape index (κ3) is 4.79. The first-order chi connectivity index (χ1) is 17.0. The van der Waals surface area contributed by atoms with E-state index < -0.39 is 10.0 Å². The molecule has 2 saturated heterocycles. The number of aromatic amines is 1. The minimum atomic E-state index is -3.67. The van der Waals surface area contributed by atoms with Crippen LogP contribution >= 0.6 is 0 Å². The van der Waals surface area contributed by atoms with E-state index in [0.717, 1.165) is 55.4 Å². The number of H-pyrrole nitrogens is 1. The van der Waals surface area contributed by atoms with Crippen LogP contribution in [0.5, 0.6) is 5.75 Å². The number of ether oxygens (including phenoxy) is 1. The van der Waals surface area contributed by atoms with Gasteiger partial charge in [0.1, 0.15) is 11.6 Å². The molecule has 1 atom stereocenters. The summed E-state index contributed by atoms with van der Waals surface area (Å²) in [6.07, 6.45) is 5.58. The first-order valence-corrected chi connectivity index (χ1v) is 13.8. The van der Waals surface area contributed by atoms with E-state index in [4.69, 9.17) is 9.72 Å². The Morgan fingerprint density at radius 1 is 1.03 bits per heavy atom. The smallest absolute Gasteiger partial charge is 0.257 e. The fourth-order valence-corrected chi connectivity index (χ4v) is 6.71. The number of piperidine rings is 1. The van der Waals surface area contributed by atoms with E-state index >= 15 is 0 Å². The molecule has 3 heterocycles. The zero-order chi connectivity index (χ0) is 24.4. The van der Waals surface area contributed by atoms with Crippen LogP contribution in [0.3, 0.4) is 0 Å². The lowest BCUT2D eigenvalue weighted by atomic mass is 9.96. The molecule has 1 N–H and O–H groups in total. The number of aromatic nitrogens is 2. The zero-order valence-corrected chi connectivity index (χ0v) is 20.9. The van der Waals surface area contributed by atoms with Crippen molar-refractivity contribution in [2.24, 2.45) is 0 Å². The number of para-hydroxylation sites is 2. The number of carbonyl (C=O) groups is 1. The highest BCUT2D eigenvalue weighted by Crippen LogP contribution is 2.31. The third-order valence-corrected chi connectivity index (χ3v) is 9.00. The van der Waals surface area contributed by atoms with Gasteiger partial charge in [-0.25, -0.2) is 13.4 Å². The van der Waals surface area contributed by atoms with Crippen LogP contribution in [0.1, 0.15) is 60.6 Å². The second-order valence-electron chi connectivity index (χ2n) is 9.41. The van der Waals surface area contributed by atoms with Crippen molar-refractivity contribution in [2.45, 2.75) is 49.3 Å². The summed E-state index contributed by atoms with van der Waals surface area (Å²) in [5.41, 5.74) is 2.19. The lowest BCUT2D eigenvalue weighted by Crippen LogP contribution is -2.39. The van der Waals surface area contributed by atoms with Crippen LogP contribution in [0.2, 0.25) is 0 Å². The summed E-state index contributed by atoms with van der Waals surface area (Å²) in [7, 11) is -2.17. The lowest BCUT2D eigenvalue weighted by Gasteiger charge is -2.32. The summed E-state index contributed by atoms with van der Waals surface area (Å²) in [5, 5.41) is 0. The molecule has 2 aliphatic rings. The molecular weight excluding hydrogens is 464 g/mol. The summed E-state index contributed by atoms with van der Waals surface area (Å²) in [6, 6.07) is 12.5. The van der Waals surface area contributed by atoms with E-state index in [1.165, 1.54) is 13.2 Å². The highest BCUT2D eigenvalue weighted by atomic mass is 32.2. The maximum Gasteiger partial charge on any atom is 0.257 e. The largest absolute Gasteiger partial charge is 0.496 e. The number of hydrogen-bond acceptors (Lipinski definition) is 5. The van der Waals surface area contributed by atoms with Crippen molar-refractivity contribution in [3.05, 3.63) is 53.9 Å². The number of rotatable bonds is 5. The molecule has 1 aromatic heterocycles. The van der Waals surface area contributed by atoms with Gasteiger partial charge in [-0.15, -0.1) is 0 Å². The summed E-state index contributed by atoms with van der Waals surface area (Å²) < 4.78 is 33.7. The number of likely N-dealkylation sites (tertiary alicyclic amines) is 1. The number of benzene rings is 2. The Morgan fingerprint density at radius 2 is 1.80 bits per heavy atom. The number of sulfonamides is 1. The Morgan fingerprint density at radius 3 is 2.54 bits per heavy atom. The van der Waals surface area contributed by atoms with Crippen LogP contribution in [-0.4, -0.2) is 66.8 Å². The van der Waals surface area contributed by atoms with Gasteiger partial charge in [0.2, 0.25) is 10.0 Å². The third-order valence-electron chi connectivity index (χ3n) is 7.11. The Labute approximate surface area is 206 Å². The molecule has 2 aromatic carbocycles. The molecule has 9 heteroatoms. The number of hydrogen-bond donors (Lipinski definition) is 1. The number of nitrogens with one attached hydrogen (secondary N) is 1. The second-order valence-corrected chi connectivity index (χ2v) is 11.3. The van der Waals surface area contributed by atoms with Gasteiger partial charge in [-0.3, -0.25) is 4.79 Å². The number of imidazole rings is 1. The van der Waals surface area contributed by atoms with Gasteiger partial charge in [0.15, 0.2) is 0 Å². The van der Waals surface area contributed by atoms with Crippen LogP contribution in [0, 0.1) is 0 Å². The predicted octanol–water partition coefficient (Wildman–Crippen LogP) is 4.16. The molecule has 35 heavy (non-hydrogen) atoms. The van der Waals surface area contributed by atoms with Gasteiger partial charge < -0.3 is 14.6 Å². The molecule has 0 radical (unpaired) electrons. The van der Waals surface area contributed by atoms with E-state index in [1.807, 2.05) is 24.3 Å². The van der Waals surface area contributed by atoms with Gasteiger partial charge in [-0.05, 0) is 56.0 Å². The van der Waals surface area contributed by atoms with Crippen LogP contribution in [0.4, 0.5) is 0 Å². The Balaban J connectivity index is 1.40. The maximum absolute atomic E-state index is 13.6. The van der Waals surface area contributed by atoms with Crippen LogP contribution in [-0.2, 0) is 10.0 Å². The monoisotopic (exact) mass is 496 g/mol. The number of nitrogens with zero attached hydrogens (tertiary/aromatic N) is 3. The summed E-state index contributed by atoms with van der Waals surface area (Å²) in [4.78, 5) is 23.7. The molecule has 1 amide bonds. The first kappa shape index (κ1) is 23.8. The molecule has 0 saturated carbocycles. The molecule has 0 aliphatic carbocycles.